The molecule has 0 spiro atoms. The largest absolute Gasteiger partial charge is 0.494 e. The molecule has 1 aliphatic heterocycles. The Bertz CT molecular complexity index is 724. The highest BCUT2D eigenvalue weighted by molar-refractivity contribution is 5.79. The van der Waals surface area contributed by atoms with Gasteiger partial charge in [0.15, 0.2) is 5.96 Å². The molecule has 1 aromatic heterocycles. The van der Waals surface area contributed by atoms with Crippen LogP contribution in [0.1, 0.15) is 44.1 Å². The van der Waals surface area contributed by atoms with E-state index in [0.717, 1.165) is 49.2 Å². The summed E-state index contributed by atoms with van der Waals surface area (Å²) in [6, 6.07) is 12.3. The Morgan fingerprint density at radius 2 is 1.96 bits per heavy atom. The number of hydrogen-bond donors (Lipinski definition) is 2. The van der Waals surface area contributed by atoms with E-state index in [4.69, 9.17) is 14.1 Å². The van der Waals surface area contributed by atoms with Crippen LogP contribution < -0.4 is 15.4 Å². The number of likely N-dealkylation sites (tertiary alicyclic amines) is 1. The fraction of sp³-hybridized carbons (Fsp3) is 0.500. The van der Waals surface area contributed by atoms with Crippen LogP contribution >= 0.6 is 0 Å². The van der Waals surface area contributed by atoms with Gasteiger partial charge in [0, 0.05) is 18.7 Å². The highest BCUT2D eigenvalue weighted by Gasteiger charge is 2.25. The average molecular weight is 385 g/mol. The minimum Gasteiger partial charge on any atom is -0.494 e. The molecule has 1 aromatic carbocycles. The predicted octanol–water partition coefficient (Wildman–Crippen LogP) is 3.57. The molecule has 28 heavy (non-hydrogen) atoms. The first kappa shape index (κ1) is 20.3. The van der Waals surface area contributed by atoms with Gasteiger partial charge < -0.3 is 19.8 Å². The summed E-state index contributed by atoms with van der Waals surface area (Å²) in [6.07, 6.45) is 4.25. The van der Waals surface area contributed by atoms with E-state index in [1.165, 1.54) is 12.8 Å². The monoisotopic (exact) mass is 384 g/mol. The Morgan fingerprint density at radius 1 is 1.14 bits per heavy atom. The number of para-hydroxylation sites is 1. The second kappa shape index (κ2) is 10.8. The topological polar surface area (TPSA) is 62.0 Å². The van der Waals surface area contributed by atoms with E-state index in [9.17, 15) is 0 Å². The molecule has 1 unspecified atom stereocenters. The van der Waals surface area contributed by atoms with Crippen LogP contribution in [0.25, 0.3) is 0 Å². The summed E-state index contributed by atoms with van der Waals surface area (Å²) in [7, 11) is 0. The zero-order valence-electron chi connectivity index (χ0n) is 17.0. The zero-order valence-corrected chi connectivity index (χ0v) is 17.0. The molecular formula is C22H32N4O2. The summed E-state index contributed by atoms with van der Waals surface area (Å²) in [5.41, 5.74) is 1.09. The van der Waals surface area contributed by atoms with Crippen molar-refractivity contribution in [2.24, 2.45) is 4.99 Å². The van der Waals surface area contributed by atoms with Gasteiger partial charge in [0.1, 0.15) is 11.5 Å². The van der Waals surface area contributed by atoms with Crippen LogP contribution in [0.2, 0.25) is 0 Å². The number of furan rings is 1. The van der Waals surface area contributed by atoms with E-state index < -0.39 is 0 Å². The minimum absolute atomic E-state index is 0.220. The Labute approximate surface area is 168 Å². The maximum Gasteiger partial charge on any atom is 0.191 e. The van der Waals surface area contributed by atoms with Crippen LogP contribution in [0.3, 0.4) is 0 Å². The fourth-order valence-corrected chi connectivity index (χ4v) is 3.57. The van der Waals surface area contributed by atoms with Crippen molar-refractivity contribution in [3.8, 4) is 5.75 Å². The third-order valence-corrected chi connectivity index (χ3v) is 4.94. The highest BCUT2D eigenvalue weighted by Crippen LogP contribution is 2.25. The van der Waals surface area contributed by atoms with E-state index in [1.54, 1.807) is 6.26 Å². The Morgan fingerprint density at radius 3 is 2.68 bits per heavy atom. The van der Waals surface area contributed by atoms with Crippen LogP contribution in [-0.2, 0) is 6.54 Å². The van der Waals surface area contributed by atoms with Gasteiger partial charge in [0.25, 0.3) is 0 Å². The first-order valence-electron chi connectivity index (χ1n) is 10.3. The van der Waals surface area contributed by atoms with Gasteiger partial charge in [0.2, 0.25) is 0 Å². The summed E-state index contributed by atoms with van der Waals surface area (Å²) in [6.45, 7) is 9.10. The Balaban J connectivity index is 1.67. The number of guanidine groups is 1. The van der Waals surface area contributed by atoms with Crippen LogP contribution in [0.4, 0.5) is 0 Å². The molecule has 0 radical (unpaired) electrons. The van der Waals surface area contributed by atoms with Crippen LogP contribution in [0.5, 0.6) is 5.75 Å². The summed E-state index contributed by atoms with van der Waals surface area (Å²) in [5, 5.41) is 6.85. The van der Waals surface area contributed by atoms with Gasteiger partial charge in [-0.1, -0.05) is 18.2 Å². The van der Waals surface area contributed by atoms with Crippen molar-refractivity contribution in [3.05, 3.63) is 54.0 Å². The molecule has 6 heteroatoms. The molecule has 2 N–H and O–H groups in total. The molecule has 0 bridgehead atoms. The standard InChI is InChI=1S/C22H32N4O2/c1-3-23-22(24-16-18-10-5-6-11-20(18)27-4-2)25-17-19(21-12-9-15-28-21)26-13-7-8-14-26/h5-6,9-12,15,19H,3-4,7-8,13-14,16-17H2,1-2H3,(H2,23,24,25). The van der Waals surface area contributed by atoms with Gasteiger partial charge in [-0.25, -0.2) is 4.99 Å². The summed E-state index contributed by atoms with van der Waals surface area (Å²) in [5.74, 6) is 2.71. The van der Waals surface area contributed by atoms with E-state index >= 15 is 0 Å². The zero-order chi connectivity index (χ0) is 19.6. The summed E-state index contributed by atoms with van der Waals surface area (Å²) in [4.78, 5) is 7.26. The van der Waals surface area contributed by atoms with E-state index in [0.29, 0.717) is 13.2 Å². The third kappa shape index (κ3) is 5.52. The first-order valence-corrected chi connectivity index (χ1v) is 10.3. The van der Waals surface area contributed by atoms with Crippen molar-refractivity contribution in [1.29, 1.82) is 0 Å². The van der Waals surface area contributed by atoms with Crippen molar-refractivity contribution in [2.75, 3.05) is 32.8 Å². The smallest absolute Gasteiger partial charge is 0.191 e. The van der Waals surface area contributed by atoms with Gasteiger partial charge in [-0.15, -0.1) is 0 Å². The molecule has 1 aliphatic rings. The van der Waals surface area contributed by atoms with Gasteiger partial charge >= 0.3 is 0 Å². The number of hydrogen-bond acceptors (Lipinski definition) is 4. The maximum atomic E-state index is 5.71. The van der Waals surface area contributed by atoms with Crippen molar-refractivity contribution < 1.29 is 9.15 Å². The lowest BCUT2D eigenvalue weighted by molar-refractivity contribution is 0.215. The minimum atomic E-state index is 0.220. The Hall–Kier alpha value is -2.47. The third-order valence-electron chi connectivity index (χ3n) is 4.94. The van der Waals surface area contributed by atoms with Crippen molar-refractivity contribution in [2.45, 2.75) is 39.3 Å². The summed E-state index contributed by atoms with van der Waals surface area (Å²) >= 11 is 0. The number of nitrogens with zero attached hydrogens (tertiary/aromatic N) is 2. The van der Waals surface area contributed by atoms with Crippen molar-refractivity contribution in [1.82, 2.24) is 15.5 Å². The second-order valence-electron chi connectivity index (χ2n) is 6.89. The molecule has 1 fully saturated rings. The quantitative estimate of drug-likeness (QED) is 0.511. The van der Waals surface area contributed by atoms with Gasteiger partial charge in [-0.05, 0) is 58.0 Å². The molecule has 2 heterocycles. The molecular weight excluding hydrogens is 352 g/mol. The van der Waals surface area contributed by atoms with Gasteiger partial charge in [-0.3, -0.25) is 4.90 Å². The fourth-order valence-electron chi connectivity index (χ4n) is 3.57. The molecule has 1 atom stereocenters. The molecule has 0 saturated carbocycles. The average Bonchev–Trinajstić information content (AvgIpc) is 3.42. The van der Waals surface area contributed by atoms with E-state index in [-0.39, 0.29) is 6.04 Å². The van der Waals surface area contributed by atoms with Crippen LogP contribution in [0.15, 0.2) is 52.1 Å². The first-order chi connectivity index (χ1) is 13.8. The second-order valence-corrected chi connectivity index (χ2v) is 6.89. The number of nitrogens with one attached hydrogen (secondary N) is 2. The lowest BCUT2D eigenvalue weighted by atomic mass is 10.2. The number of benzene rings is 1. The number of rotatable bonds is 9. The SMILES string of the molecule is CCNC(=NCc1ccccc1OCC)NCC(c1ccco1)N1CCCC1. The van der Waals surface area contributed by atoms with Crippen LogP contribution in [0, 0.1) is 0 Å². The molecule has 2 aromatic rings. The lowest BCUT2D eigenvalue weighted by Gasteiger charge is -2.26. The van der Waals surface area contributed by atoms with Gasteiger partial charge in [0.05, 0.1) is 25.5 Å². The molecule has 0 aliphatic carbocycles. The van der Waals surface area contributed by atoms with E-state index in [2.05, 4.69) is 34.6 Å². The van der Waals surface area contributed by atoms with Crippen molar-refractivity contribution >= 4 is 5.96 Å². The highest BCUT2D eigenvalue weighted by atomic mass is 16.5. The maximum absolute atomic E-state index is 5.71. The lowest BCUT2D eigenvalue weighted by Crippen LogP contribution is -2.42. The van der Waals surface area contributed by atoms with E-state index in [1.807, 2.05) is 31.2 Å². The normalized spacial score (nSPS) is 16.1. The Kier molecular flexibility index (Phi) is 7.79. The molecule has 3 rings (SSSR count). The molecule has 1 saturated heterocycles. The molecule has 152 valence electrons. The van der Waals surface area contributed by atoms with Crippen LogP contribution in [-0.4, -0.2) is 43.6 Å². The molecule has 0 amide bonds. The number of aliphatic imine (C=N–C) groups is 1. The van der Waals surface area contributed by atoms with Gasteiger partial charge in [-0.2, -0.15) is 0 Å². The molecule has 6 nitrogen and oxygen atoms in total. The van der Waals surface area contributed by atoms with Crippen molar-refractivity contribution in [3.63, 3.8) is 0 Å². The predicted molar refractivity (Wildman–Crippen MR) is 113 cm³/mol. The number of ether oxygens (including phenoxy) is 1. The summed E-state index contributed by atoms with van der Waals surface area (Å²) < 4.78 is 11.4.